The van der Waals surface area contributed by atoms with Crippen LogP contribution in [0, 0.1) is 6.92 Å². The van der Waals surface area contributed by atoms with Crippen molar-refractivity contribution < 1.29 is 9.59 Å². The van der Waals surface area contributed by atoms with E-state index in [1.165, 1.54) is 22.5 Å². The zero-order valence-electron chi connectivity index (χ0n) is 13.5. The van der Waals surface area contributed by atoms with Crippen LogP contribution in [0.1, 0.15) is 33.0 Å². The summed E-state index contributed by atoms with van der Waals surface area (Å²) in [7, 11) is 0. The molecule has 6 heteroatoms. The van der Waals surface area contributed by atoms with Crippen LogP contribution in [0.15, 0.2) is 29.6 Å². The third-order valence-electron chi connectivity index (χ3n) is 4.82. The van der Waals surface area contributed by atoms with Crippen LogP contribution in [0.25, 0.3) is 0 Å². The summed E-state index contributed by atoms with van der Waals surface area (Å²) >= 11 is 1.46. The summed E-state index contributed by atoms with van der Waals surface area (Å²) in [5, 5.41) is 5.58. The predicted molar refractivity (Wildman–Crippen MR) is 92.1 cm³/mol. The Bertz CT molecular complexity index is 776. The molecule has 1 aliphatic carbocycles. The molecule has 1 atom stereocenters. The molecule has 0 bridgehead atoms. The largest absolute Gasteiger partial charge is 0.346 e. The first kappa shape index (κ1) is 15.3. The van der Waals surface area contributed by atoms with Crippen LogP contribution < -0.4 is 5.32 Å². The van der Waals surface area contributed by atoms with E-state index in [0.717, 1.165) is 17.8 Å². The van der Waals surface area contributed by atoms with Gasteiger partial charge in [0, 0.05) is 24.4 Å². The summed E-state index contributed by atoms with van der Waals surface area (Å²) in [6.07, 6.45) is 2.20. The van der Waals surface area contributed by atoms with Crippen LogP contribution in [0.5, 0.6) is 0 Å². The number of fused-ring (bicyclic) bond motifs is 1. The Kier molecular flexibility index (Phi) is 3.84. The first-order chi connectivity index (χ1) is 11.6. The summed E-state index contributed by atoms with van der Waals surface area (Å²) in [6, 6.07) is 8.46. The number of amides is 2. The van der Waals surface area contributed by atoms with E-state index < -0.39 is 0 Å². The van der Waals surface area contributed by atoms with Crippen molar-refractivity contribution in [2.24, 2.45) is 0 Å². The van der Waals surface area contributed by atoms with Gasteiger partial charge in [0.05, 0.1) is 11.0 Å². The van der Waals surface area contributed by atoms with Gasteiger partial charge < -0.3 is 10.2 Å². The molecule has 0 unspecified atom stereocenters. The number of carbonyl (C=O) groups excluding carboxylic acids is 2. The van der Waals surface area contributed by atoms with Crippen LogP contribution in [-0.4, -0.2) is 40.3 Å². The van der Waals surface area contributed by atoms with Crippen molar-refractivity contribution in [3.05, 3.63) is 51.5 Å². The summed E-state index contributed by atoms with van der Waals surface area (Å²) < 4.78 is 0. The highest BCUT2D eigenvalue weighted by atomic mass is 32.1. The van der Waals surface area contributed by atoms with Gasteiger partial charge in [-0.15, -0.1) is 11.3 Å². The number of nitrogens with one attached hydrogen (secondary N) is 1. The van der Waals surface area contributed by atoms with Crippen molar-refractivity contribution >= 4 is 23.2 Å². The fourth-order valence-corrected chi connectivity index (χ4v) is 4.26. The predicted octanol–water partition coefficient (Wildman–Crippen LogP) is 1.95. The van der Waals surface area contributed by atoms with Crippen molar-refractivity contribution in [3.63, 3.8) is 0 Å². The molecule has 1 N–H and O–H groups in total. The number of nitrogens with zero attached hydrogens (tertiary/aromatic N) is 2. The van der Waals surface area contributed by atoms with Crippen LogP contribution in [0.4, 0.5) is 0 Å². The molecule has 1 aromatic heterocycles. The van der Waals surface area contributed by atoms with Gasteiger partial charge in [0.2, 0.25) is 5.91 Å². The standard InChI is InChI=1S/C18H19N3O2S/c1-11-19-16(10-24-11)18(23)20-14-8-17(22)21(9-14)15-6-12-4-2-3-5-13(12)7-15/h2-5,10,14-15H,6-9H2,1H3,(H,20,23)/t14-/m1/s1. The number of thiazole rings is 1. The molecule has 1 aromatic carbocycles. The Morgan fingerprint density at radius 2 is 1.96 bits per heavy atom. The van der Waals surface area contributed by atoms with E-state index >= 15 is 0 Å². The lowest BCUT2D eigenvalue weighted by molar-refractivity contribution is -0.129. The topological polar surface area (TPSA) is 62.3 Å². The maximum absolute atomic E-state index is 12.4. The van der Waals surface area contributed by atoms with Gasteiger partial charge in [0.1, 0.15) is 5.69 Å². The maximum Gasteiger partial charge on any atom is 0.271 e. The van der Waals surface area contributed by atoms with Gasteiger partial charge in [0.25, 0.3) is 5.91 Å². The molecule has 2 heterocycles. The number of hydrogen-bond donors (Lipinski definition) is 1. The average Bonchev–Trinajstić information content (AvgIpc) is 3.25. The molecule has 2 aliphatic rings. The third-order valence-corrected chi connectivity index (χ3v) is 5.59. The normalized spacial score (nSPS) is 20.5. The molecule has 1 aliphatic heterocycles. The monoisotopic (exact) mass is 341 g/mol. The Hall–Kier alpha value is -2.21. The zero-order valence-corrected chi connectivity index (χ0v) is 14.3. The van der Waals surface area contributed by atoms with E-state index in [2.05, 4.69) is 22.4 Å². The van der Waals surface area contributed by atoms with Crippen molar-refractivity contribution in [3.8, 4) is 0 Å². The van der Waals surface area contributed by atoms with E-state index in [4.69, 9.17) is 0 Å². The summed E-state index contributed by atoms with van der Waals surface area (Å²) in [5.41, 5.74) is 3.11. The minimum atomic E-state index is -0.186. The van der Waals surface area contributed by atoms with Gasteiger partial charge in [-0.05, 0) is 30.9 Å². The fraction of sp³-hybridized carbons (Fsp3) is 0.389. The van der Waals surface area contributed by atoms with E-state index in [9.17, 15) is 9.59 Å². The summed E-state index contributed by atoms with van der Waals surface area (Å²) in [4.78, 5) is 30.8. The van der Waals surface area contributed by atoms with E-state index in [1.54, 1.807) is 5.38 Å². The number of benzene rings is 1. The highest BCUT2D eigenvalue weighted by molar-refractivity contribution is 7.09. The highest BCUT2D eigenvalue weighted by Gasteiger charge is 2.37. The van der Waals surface area contributed by atoms with Gasteiger partial charge in [-0.2, -0.15) is 0 Å². The fourth-order valence-electron chi connectivity index (χ4n) is 3.66. The molecular weight excluding hydrogens is 322 g/mol. The lowest BCUT2D eigenvalue weighted by Gasteiger charge is -2.24. The number of likely N-dealkylation sites (tertiary alicyclic amines) is 1. The molecule has 0 radical (unpaired) electrons. The second-order valence-corrected chi connectivity index (χ2v) is 7.57. The molecule has 1 fully saturated rings. The van der Waals surface area contributed by atoms with Crippen molar-refractivity contribution in [1.29, 1.82) is 0 Å². The molecule has 4 rings (SSSR count). The summed E-state index contributed by atoms with van der Waals surface area (Å²) in [5.74, 6) is -0.0544. The quantitative estimate of drug-likeness (QED) is 0.928. The SMILES string of the molecule is Cc1nc(C(=O)N[C@@H]2CC(=O)N(C3Cc4ccccc4C3)C2)cs1. The zero-order chi connectivity index (χ0) is 16.7. The first-order valence-electron chi connectivity index (χ1n) is 8.19. The second kappa shape index (κ2) is 6.02. The smallest absolute Gasteiger partial charge is 0.271 e. The first-order valence-corrected chi connectivity index (χ1v) is 9.07. The molecule has 2 amide bonds. The van der Waals surface area contributed by atoms with Gasteiger partial charge in [-0.25, -0.2) is 4.98 Å². The molecule has 1 saturated heterocycles. The average molecular weight is 341 g/mol. The maximum atomic E-state index is 12.4. The number of aryl methyl sites for hydroxylation is 1. The number of rotatable bonds is 3. The number of hydrogen-bond acceptors (Lipinski definition) is 4. The Morgan fingerprint density at radius 1 is 1.25 bits per heavy atom. The molecule has 24 heavy (non-hydrogen) atoms. The van der Waals surface area contributed by atoms with Crippen molar-refractivity contribution in [2.45, 2.75) is 38.3 Å². The van der Waals surface area contributed by atoms with Gasteiger partial charge in [0.15, 0.2) is 0 Å². The molecular formula is C18H19N3O2S. The van der Waals surface area contributed by atoms with E-state index in [0.29, 0.717) is 18.7 Å². The van der Waals surface area contributed by atoms with Crippen LogP contribution in [-0.2, 0) is 17.6 Å². The Labute approximate surface area is 144 Å². The van der Waals surface area contributed by atoms with Crippen LogP contribution in [0.2, 0.25) is 0 Å². The second-order valence-electron chi connectivity index (χ2n) is 6.50. The van der Waals surface area contributed by atoms with Crippen LogP contribution in [0.3, 0.4) is 0 Å². The van der Waals surface area contributed by atoms with E-state index in [-0.39, 0.29) is 23.9 Å². The number of carbonyl (C=O) groups is 2. The van der Waals surface area contributed by atoms with Gasteiger partial charge >= 0.3 is 0 Å². The lowest BCUT2D eigenvalue weighted by atomic mass is 10.1. The van der Waals surface area contributed by atoms with Crippen molar-refractivity contribution in [1.82, 2.24) is 15.2 Å². The molecule has 2 aromatic rings. The molecule has 0 spiro atoms. The molecule has 124 valence electrons. The van der Waals surface area contributed by atoms with E-state index in [1.807, 2.05) is 24.0 Å². The van der Waals surface area contributed by atoms with Crippen molar-refractivity contribution in [2.75, 3.05) is 6.54 Å². The third kappa shape index (κ3) is 2.82. The Balaban J connectivity index is 1.40. The summed E-state index contributed by atoms with van der Waals surface area (Å²) in [6.45, 7) is 2.46. The van der Waals surface area contributed by atoms with Gasteiger partial charge in [-0.3, -0.25) is 9.59 Å². The molecule has 0 saturated carbocycles. The van der Waals surface area contributed by atoms with Gasteiger partial charge in [-0.1, -0.05) is 24.3 Å². The minimum absolute atomic E-state index is 0.129. The van der Waals surface area contributed by atoms with Crippen LogP contribution >= 0.6 is 11.3 Å². The molecule has 5 nitrogen and oxygen atoms in total. The Morgan fingerprint density at radius 3 is 2.58 bits per heavy atom. The minimum Gasteiger partial charge on any atom is -0.346 e. The lowest BCUT2D eigenvalue weighted by Crippen LogP contribution is -2.41. The number of aromatic nitrogens is 1. The highest BCUT2D eigenvalue weighted by Crippen LogP contribution is 2.28.